The Morgan fingerprint density at radius 2 is 2.14 bits per heavy atom. The van der Waals surface area contributed by atoms with Gasteiger partial charge in [-0.05, 0) is 19.1 Å². The SMILES string of the molecule is C=CCOCC(NC(=O)c1ccccc1OCC)C(=O)O. The van der Waals surface area contributed by atoms with Crippen LogP contribution in [0.25, 0.3) is 0 Å². The van der Waals surface area contributed by atoms with Crippen molar-refractivity contribution >= 4 is 11.9 Å². The van der Waals surface area contributed by atoms with E-state index in [1.54, 1.807) is 31.2 Å². The van der Waals surface area contributed by atoms with Crippen molar-refractivity contribution in [1.82, 2.24) is 5.32 Å². The van der Waals surface area contributed by atoms with Crippen molar-refractivity contribution in [3.8, 4) is 5.75 Å². The molecule has 0 aliphatic carbocycles. The van der Waals surface area contributed by atoms with E-state index in [-0.39, 0.29) is 18.8 Å². The predicted molar refractivity (Wildman–Crippen MR) is 77.5 cm³/mol. The number of nitrogens with one attached hydrogen (secondary N) is 1. The average molecular weight is 293 g/mol. The van der Waals surface area contributed by atoms with Gasteiger partial charge in [-0.1, -0.05) is 18.2 Å². The maximum absolute atomic E-state index is 12.2. The molecule has 0 saturated heterocycles. The molecule has 1 amide bonds. The number of benzene rings is 1. The number of carbonyl (C=O) groups is 2. The molecular formula is C15H19NO5. The molecule has 6 heteroatoms. The molecule has 0 heterocycles. The highest BCUT2D eigenvalue weighted by Gasteiger charge is 2.22. The fourth-order valence-corrected chi connectivity index (χ4v) is 1.62. The summed E-state index contributed by atoms with van der Waals surface area (Å²) in [5.74, 6) is -1.27. The maximum Gasteiger partial charge on any atom is 0.328 e. The third kappa shape index (κ3) is 5.27. The monoisotopic (exact) mass is 293 g/mol. The Bertz CT molecular complexity index is 501. The first kappa shape index (κ1) is 16.7. The predicted octanol–water partition coefficient (Wildman–Crippen LogP) is 1.47. The molecule has 6 nitrogen and oxygen atoms in total. The zero-order valence-electron chi connectivity index (χ0n) is 11.9. The Hall–Kier alpha value is -2.34. The molecule has 0 bridgehead atoms. The van der Waals surface area contributed by atoms with E-state index in [1.807, 2.05) is 0 Å². The summed E-state index contributed by atoms with van der Waals surface area (Å²) in [7, 11) is 0. The van der Waals surface area contributed by atoms with Gasteiger partial charge in [0, 0.05) is 0 Å². The van der Waals surface area contributed by atoms with E-state index in [2.05, 4.69) is 11.9 Å². The summed E-state index contributed by atoms with van der Waals surface area (Å²) in [6.45, 7) is 5.76. The Labute approximate surface area is 123 Å². The lowest BCUT2D eigenvalue weighted by atomic mass is 10.1. The zero-order chi connectivity index (χ0) is 15.7. The fraction of sp³-hybridized carbons (Fsp3) is 0.333. The van der Waals surface area contributed by atoms with Crippen LogP contribution in [0.15, 0.2) is 36.9 Å². The summed E-state index contributed by atoms with van der Waals surface area (Å²) in [5, 5.41) is 11.5. The lowest BCUT2D eigenvalue weighted by Crippen LogP contribution is -2.44. The number of carbonyl (C=O) groups excluding carboxylic acids is 1. The summed E-state index contributed by atoms with van der Waals surface area (Å²) in [6, 6.07) is 5.52. The summed E-state index contributed by atoms with van der Waals surface area (Å²) >= 11 is 0. The molecule has 0 aliphatic heterocycles. The van der Waals surface area contributed by atoms with Crippen LogP contribution in [0.5, 0.6) is 5.75 Å². The van der Waals surface area contributed by atoms with Gasteiger partial charge in [0.1, 0.15) is 5.75 Å². The fourth-order valence-electron chi connectivity index (χ4n) is 1.62. The Balaban J connectivity index is 2.77. The first-order chi connectivity index (χ1) is 10.1. The summed E-state index contributed by atoms with van der Waals surface area (Å²) < 4.78 is 10.4. The third-order valence-corrected chi connectivity index (χ3v) is 2.56. The number of ether oxygens (including phenoxy) is 2. The number of hydrogen-bond acceptors (Lipinski definition) is 4. The molecule has 1 aromatic carbocycles. The normalized spacial score (nSPS) is 11.5. The minimum atomic E-state index is -1.17. The molecule has 2 N–H and O–H groups in total. The maximum atomic E-state index is 12.2. The second-order valence-corrected chi connectivity index (χ2v) is 4.12. The van der Waals surface area contributed by atoms with Crippen LogP contribution in [-0.2, 0) is 9.53 Å². The van der Waals surface area contributed by atoms with Gasteiger partial charge in [-0.3, -0.25) is 4.79 Å². The molecule has 0 radical (unpaired) electrons. The number of para-hydroxylation sites is 1. The van der Waals surface area contributed by atoms with Crippen LogP contribution in [0.4, 0.5) is 0 Å². The van der Waals surface area contributed by atoms with Gasteiger partial charge in [-0.25, -0.2) is 4.79 Å². The van der Waals surface area contributed by atoms with Gasteiger partial charge in [0.05, 0.1) is 25.4 Å². The largest absolute Gasteiger partial charge is 0.493 e. The molecule has 0 aromatic heterocycles. The van der Waals surface area contributed by atoms with Crippen LogP contribution in [0, 0.1) is 0 Å². The molecule has 1 aromatic rings. The van der Waals surface area contributed by atoms with Crippen molar-refractivity contribution < 1.29 is 24.2 Å². The van der Waals surface area contributed by atoms with Gasteiger partial charge in [0.2, 0.25) is 0 Å². The topological polar surface area (TPSA) is 84.9 Å². The zero-order valence-corrected chi connectivity index (χ0v) is 11.9. The van der Waals surface area contributed by atoms with E-state index >= 15 is 0 Å². The molecule has 21 heavy (non-hydrogen) atoms. The molecule has 0 aliphatic rings. The Morgan fingerprint density at radius 1 is 1.43 bits per heavy atom. The second kappa shape index (κ2) is 8.76. The average Bonchev–Trinajstić information content (AvgIpc) is 2.47. The number of aliphatic carboxylic acids is 1. The van der Waals surface area contributed by atoms with E-state index in [0.717, 1.165) is 0 Å². The molecule has 1 unspecified atom stereocenters. The highest BCUT2D eigenvalue weighted by atomic mass is 16.5. The number of rotatable bonds is 9. The van der Waals surface area contributed by atoms with Gasteiger partial charge in [-0.2, -0.15) is 0 Å². The minimum Gasteiger partial charge on any atom is -0.493 e. The van der Waals surface area contributed by atoms with E-state index in [1.165, 1.54) is 6.08 Å². The van der Waals surface area contributed by atoms with Crippen molar-refractivity contribution in [3.63, 3.8) is 0 Å². The standard InChI is InChI=1S/C15H19NO5/c1-3-9-20-10-12(15(18)19)16-14(17)11-7-5-6-8-13(11)21-4-2/h3,5-8,12H,1,4,9-10H2,2H3,(H,16,17)(H,18,19). The van der Waals surface area contributed by atoms with Gasteiger partial charge < -0.3 is 19.9 Å². The van der Waals surface area contributed by atoms with Crippen LogP contribution >= 0.6 is 0 Å². The van der Waals surface area contributed by atoms with Crippen molar-refractivity contribution in [1.29, 1.82) is 0 Å². The molecule has 0 spiro atoms. The van der Waals surface area contributed by atoms with E-state index in [9.17, 15) is 9.59 Å². The Kier molecular flexibility index (Phi) is 6.97. The number of hydrogen-bond donors (Lipinski definition) is 2. The molecule has 1 rings (SSSR count). The van der Waals surface area contributed by atoms with Crippen molar-refractivity contribution in [3.05, 3.63) is 42.5 Å². The number of amides is 1. The van der Waals surface area contributed by atoms with Gasteiger partial charge >= 0.3 is 5.97 Å². The van der Waals surface area contributed by atoms with Gasteiger partial charge in [0.25, 0.3) is 5.91 Å². The van der Waals surface area contributed by atoms with Gasteiger partial charge in [0.15, 0.2) is 6.04 Å². The van der Waals surface area contributed by atoms with E-state index < -0.39 is 17.9 Å². The summed E-state index contributed by atoms with van der Waals surface area (Å²) in [6.07, 6.45) is 1.51. The smallest absolute Gasteiger partial charge is 0.328 e. The molecule has 1 atom stereocenters. The summed E-state index contributed by atoms with van der Waals surface area (Å²) in [4.78, 5) is 23.3. The first-order valence-electron chi connectivity index (χ1n) is 6.54. The quantitative estimate of drug-likeness (QED) is 0.532. The Morgan fingerprint density at radius 3 is 2.76 bits per heavy atom. The number of carboxylic acid groups (broad SMARTS) is 1. The molecule has 114 valence electrons. The van der Waals surface area contributed by atoms with E-state index in [0.29, 0.717) is 12.4 Å². The van der Waals surface area contributed by atoms with Crippen LogP contribution in [0.1, 0.15) is 17.3 Å². The van der Waals surface area contributed by atoms with Gasteiger partial charge in [-0.15, -0.1) is 6.58 Å². The van der Waals surface area contributed by atoms with Crippen molar-refractivity contribution in [2.75, 3.05) is 19.8 Å². The second-order valence-electron chi connectivity index (χ2n) is 4.12. The molecule has 0 saturated carbocycles. The van der Waals surface area contributed by atoms with Crippen LogP contribution in [0.2, 0.25) is 0 Å². The number of carboxylic acids is 1. The van der Waals surface area contributed by atoms with Crippen LogP contribution < -0.4 is 10.1 Å². The highest BCUT2D eigenvalue weighted by molar-refractivity contribution is 5.98. The third-order valence-electron chi connectivity index (χ3n) is 2.56. The van der Waals surface area contributed by atoms with Crippen LogP contribution in [0.3, 0.4) is 0 Å². The van der Waals surface area contributed by atoms with E-state index in [4.69, 9.17) is 14.6 Å². The molecular weight excluding hydrogens is 274 g/mol. The van der Waals surface area contributed by atoms with Crippen molar-refractivity contribution in [2.45, 2.75) is 13.0 Å². The molecule has 0 fully saturated rings. The highest BCUT2D eigenvalue weighted by Crippen LogP contribution is 2.17. The minimum absolute atomic E-state index is 0.135. The summed E-state index contributed by atoms with van der Waals surface area (Å²) in [5.41, 5.74) is 0.286. The van der Waals surface area contributed by atoms with Crippen molar-refractivity contribution in [2.24, 2.45) is 0 Å². The lowest BCUT2D eigenvalue weighted by molar-refractivity contribution is -0.140. The van der Waals surface area contributed by atoms with Crippen LogP contribution in [-0.4, -0.2) is 42.8 Å². The first-order valence-corrected chi connectivity index (χ1v) is 6.54. The lowest BCUT2D eigenvalue weighted by Gasteiger charge is -2.16.